The number of aryl methyl sites for hydroxylation is 2. The number of methoxy groups -OCH3 is 1. The van der Waals surface area contributed by atoms with Crippen LogP contribution in [0.4, 0.5) is 0 Å². The molecule has 1 amide bonds. The summed E-state index contributed by atoms with van der Waals surface area (Å²) in [5, 5.41) is 4.07. The highest BCUT2D eigenvalue weighted by atomic mass is 16.5. The summed E-state index contributed by atoms with van der Waals surface area (Å²) in [5.41, 5.74) is 0.870. The van der Waals surface area contributed by atoms with Crippen LogP contribution in [0.15, 0.2) is 45.3 Å². The van der Waals surface area contributed by atoms with Crippen molar-refractivity contribution in [2.75, 3.05) is 13.7 Å². The van der Waals surface area contributed by atoms with E-state index < -0.39 is 0 Å². The van der Waals surface area contributed by atoms with Crippen LogP contribution in [0.25, 0.3) is 11.4 Å². The molecule has 0 spiro atoms. The second-order valence-electron chi connectivity index (χ2n) is 8.20. The number of hydrogen-bond acceptors (Lipinski definition) is 6. The summed E-state index contributed by atoms with van der Waals surface area (Å²) < 4.78 is 16.6. The number of nitrogens with zero attached hydrogens (tertiary/aromatic N) is 3. The van der Waals surface area contributed by atoms with Gasteiger partial charge in [-0.25, -0.2) is 0 Å². The van der Waals surface area contributed by atoms with E-state index in [1.54, 1.807) is 7.11 Å². The van der Waals surface area contributed by atoms with Crippen molar-refractivity contribution in [3.05, 3.63) is 53.8 Å². The number of ether oxygens (including phenoxy) is 1. The van der Waals surface area contributed by atoms with Crippen molar-refractivity contribution in [1.82, 2.24) is 15.0 Å². The van der Waals surface area contributed by atoms with E-state index in [9.17, 15) is 4.79 Å². The first-order chi connectivity index (χ1) is 15.7. The lowest BCUT2D eigenvalue weighted by atomic mass is 10.1. The lowest BCUT2D eigenvalue weighted by Crippen LogP contribution is -2.34. The van der Waals surface area contributed by atoms with Crippen molar-refractivity contribution in [2.24, 2.45) is 0 Å². The molecule has 1 aliphatic rings. The van der Waals surface area contributed by atoms with E-state index in [4.69, 9.17) is 13.7 Å². The van der Waals surface area contributed by atoms with E-state index >= 15 is 0 Å². The fraction of sp³-hybridized carbons (Fsp3) is 0.480. The third-order valence-electron chi connectivity index (χ3n) is 6.03. The Morgan fingerprint density at radius 1 is 1.16 bits per heavy atom. The van der Waals surface area contributed by atoms with Crippen molar-refractivity contribution in [2.45, 2.75) is 64.3 Å². The zero-order valence-electron chi connectivity index (χ0n) is 18.9. The molecule has 2 aromatic heterocycles. The number of carbonyl (C=O) groups is 1. The van der Waals surface area contributed by atoms with Gasteiger partial charge in [-0.2, -0.15) is 4.98 Å². The maximum Gasteiger partial charge on any atom is 0.226 e. The van der Waals surface area contributed by atoms with Gasteiger partial charge < -0.3 is 18.6 Å². The smallest absolute Gasteiger partial charge is 0.226 e. The Labute approximate surface area is 188 Å². The molecule has 1 saturated heterocycles. The van der Waals surface area contributed by atoms with Gasteiger partial charge in [-0.05, 0) is 55.7 Å². The minimum absolute atomic E-state index is 0.0374. The maximum absolute atomic E-state index is 13.1. The first-order valence-corrected chi connectivity index (χ1v) is 11.5. The molecule has 0 radical (unpaired) electrons. The minimum atomic E-state index is 0.0374. The number of rotatable bonds is 8. The summed E-state index contributed by atoms with van der Waals surface area (Å²) in [6, 6.07) is 11.6. The van der Waals surface area contributed by atoms with Gasteiger partial charge in [-0.1, -0.05) is 24.9 Å². The predicted octanol–water partition coefficient (Wildman–Crippen LogP) is 5.37. The van der Waals surface area contributed by atoms with E-state index in [1.165, 1.54) is 0 Å². The molecule has 32 heavy (non-hydrogen) atoms. The van der Waals surface area contributed by atoms with E-state index in [0.717, 1.165) is 61.5 Å². The molecule has 0 aliphatic carbocycles. The Bertz CT molecular complexity index is 1010. The van der Waals surface area contributed by atoms with Crippen LogP contribution in [0.5, 0.6) is 5.75 Å². The number of amides is 1. The highest BCUT2D eigenvalue weighted by Gasteiger charge is 2.28. The van der Waals surface area contributed by atoms with E-state index in [-0.39, 0.29) is 11.9 Å². The quantitative estimate of drug-likeness (QED) is 0.471. The average molecular weight is 438 g/mol. The number of aromatic nitrogens is 2. The summed E-state index contributed by atoms with van der Waals surface area (Å²) >= 11 is 0. The fourth-order valence-corrected chi connectivity index (χ4v) is 4.21. The zero-order chi connectivity index (χ0) is 22.3. The molecular weight excluding hydrogens is 406 g/mol. The molecule has 1 aromatic carbocycles. The van der Waals surface area contributed by atoms with Gasteiger partial charge in [0.2, 0.25) is 17.6 Å². The Kier molecular flexibility index (Phi) is 7.24. The number of carbonyl (C=O) groups excluding carboxylic acids is 1. The van der Waals surface area contributed by atoms with Crippen LogP contribution in [0.1, 0.15) is 68.9 Å². The number of benzene rings is 1. The van der Waals surface area contributed by atoms with Gasteiger partial charge in [0, 0.05) is 31.4 Å². The molecule has 1 atom stereocenters. The fourth-order valence-electron chi connectivity index (χ4n) is 4.21. The second kappa shape index (κ2) is 10.5. The van der Waals surface area contributed by atoms with Gasteiger partial charge in [0.25, 0.3) is 0 Å². The summed E-state index contributed by atoms with van der Waals surface area (Å²) in [6.45, 7) is 2.87. The summed E-state index contributed by atoms with van der Waals surface area (Å²) in [7, 11) is 1.63. The highest BCUT2D eigenvalue weighted by Crippen LogP contribution is 2.32. The molecule has 1 unspecified atom stereocenters. The largest absolute Gasteiger partial charge is 0.497 e. The zero-order valence-corrected chi connectivity index (χ0v) is 18.9. The lowest BCUT2D eigenvalue weighted by Gasteiger charge is -2.28. The minimum Gasteiger partial charge on any atom is -0.497 e. The predicted molar refractivity (Wildman–Crippen MR) is 120 cm³/mol. The standard InChI is InChI=1S/C25H31N3O4/c1-3-19-15-16-22(31-19)21-8-5-4-6-17-28(21)24(29)10-7-9-23-26-25(27-32-23)18-11-13-20(30-2)14-12-18/h11-16,21H,3-10,17H2,1-2H3. The van der Waals surface area contributed by atoms with Gasteiger partial charge in [0.05, 0.1) is 13.2 Å². The molecule has 1 aliphatic heterocycles. The summed E-state index contributed by atoms with van der Waals surface area (Å²) in [6.07, 6.45) is 6.83. The molecule has 7 nitrogen and oxygen atoms in total. The Morgan fingerprint density at radius 2 is 2.00 bits per heavy atom. The molecule has 4 rings (SSSR count). The molecule has 170 valence electrons. The number of likely N-dealkylation sites (tertiary alicyclic amines) is 1. The van der Waals surface area contributed by atoms with Crippen LogP contribution in [0.3, 0.4) is 0 Å². The first kappa shape index (κ1) is 22.1. The van der Waals surface area contributed by atoms with Crippen LogP contribution < -0.4 is 4.74 Å². The molecule has 3 heterocycles. The Morgan fingerprint density at radius 3 is 2.75 bits per heavy atom. The first-order valence-electron chi connectivity index (χ1n) is 11.5. The van der Waals surface area contributed by atoms with Crippen LogP contribution in [-0.2, 0) is 17.6 Å². The maximum atomic E-state index is 13.1. The average Bonchev–Trinajstić information content (AvgIpc) is 3.43. The lowest BCUT2D eigenvalue weighted by molar-refractivity contribution is -0.134. The molecule has 7 heteroatoms. The molecule has 1 fully saturated rings. The molecule has 3 aromatic rings. The van der Waals surface area contributed by atoms with Gasteiger partial charge in [-0.3, -0.25) is 4.79 Å². The monoisotopic (exact) mass is 437 g/mol. The molecule has 0 bridgehead atoms. The SMILES string of the molecule is CCc1ccc(C2CCCCCN2C(=O)CCCc2nc(-c3ccc(OC)cc3)no2)o1. The van der Waals surface area contributed by atoms with E-state index in [0.29, 0.717) is 31.0 Å². The van der Waals surface area contributed by atoms with Crippen molar-refractivity contribution < 1.29 is 18.5 Å². The van der Waals surface area contributed by atoms with Gasteiger partial charge in [0.1, 0.15) is 17.3 Å². The normalized spacial score (nSPS) is 16.7. The topological polar surface area (TPSA) is 81.6 Å². The third kappa shape index (κ3) is 5.21. The van der Waals surface area contributed by atoms with Gasteiger partial charge in [0.15, 0.2) is 0 Å². The summed E-state index contributed by atoms with van der Waals surface area (Å²) in [5.74, 6) is 3.93. The van der Waals surface area contributed by atoms with Crippen molar-refractivity contribution >= 4 is 5.91 Å². The molecular formula is C25H31N3O4. The molecule has 0 N–H and O–H groups in total. The van der Waals surface area contributed by atoms with E-state index in [2.05, 4.69) is 17.1 Å². The van der Waals surface area contributed by atoms with Crippen molar-refractivity contribution in [1.29, 1.82) is 0 Å². The highest BCUT2D eigenvalue weighted by molar-refractivity contribution is 5.76. The Hall–Kier alpha value is -3.09. The van der Waals surface area contributed by atoms with Crippen LogP contribution in [-0.4, -0.2) is 34.6 Å². The van der Waals surface area contributed by atoms with Crippen LogP contribution in [0, 0.1) is 0 Å². The third-order valence-corrected chi connectivity index (χ3v) is 6.03. The summed E-state index contributed by atoms with van der Waals surface area (Å²) in [4.78, 5) is 19.6. The van der Waals surface area contributed by atoms with Gasteiger partial charge >= 0.3 is 0 Å². The Balaban J connectivity index is 1.34. The van der Waals surface area contributed by atoms with Crippen molar-refractivity contribution in [3.63, 3.8) is 0 Å². The second-order valence-corrected chi connectivity index (χ2v) is 8.20. The number of furan rings is 1. The number of hydrogen-bond donors (Lipinski definition) is 0. The van der Waals surface area contributed by atoms with E-state index in [1.807, 2.05) is 41.3 Å². The van der Waals surface area contributed by atoms with Crippen LogP contribution >= 0.6 is 0 Å². The van der Waals surface area contributed by atoms with Gasteiger partial charge in [-0.15, -0.1) is 0 Å². The van der Waals surface area contributed by atoms with Crippen LogP contribution in [0.2, 0.25) is 0 Å². The van der Waals surface area contributed by atoms with Crippen molar-refractivity contribution in [3.8, 4) is 17.1 Å². The molecule has 0 saturated carbocycles.